The van der Waals surface area contributed by atoms with Crippen molar-refractivity contribution in [2.45, 2.75) is 44.9 Å². The van der Waals surface area contributed by atoms with E-state index in [4.69, 9.17) is 5.73 Å². The van der Waals surface area contributed by atoms with Crippen LogP contribution in [0.4, 0.5) is 0 Å². The second-order valence-corrected chi connectivity index (χ2v) is 4.82. The van der Waals surface area contributed by atoms with E-state index in [1.165, 1.54) is 0 Å². The van der Waals surface area contributed by atoms with Crippen molar-refractivity contribution in [3.05, 3.63) is 0 Å². The first-order chi connectivity index (χ1) is 8.10. The van der Waals surface area contributed by atoms with Crippen molar-refractivity contribution in [3.63, 3.8) is 0 Å². The number of nitrogens with two attached hydrogens (primary N) is 1. The highest BCUT2D eigenvalue weighted by molar-refractivity contribution is 5.79. The molecule has 0 heterocycles. The van der Waals surface area contributed by atoms with Crippen LogP contribution in [0.25, 0.3) is 0 Å². The molecule has 4 N–H and O–H groups in total. The number of carboxylic acid groups (broad SMARTS) is 1. The van der Waals surface area contributed by atoms with Gasteiger partial charge in [-0.2, -0.15) is 0 Å². The number of rotatable bonds is 7. The summed E-state index contributed by atoms with van der Waals surface area (Å²) in [4.78, 5) is 22.7. The molecular weight excluding hydrogens is 220 g/mol. The first-order valence-electron chi connectivity index (χ1n) is 6.31. The molecule has 0 unspecified atom stereocenters. The highest BCUT2D eigenvalue weighted by Gasteiger charge is 2.41. The van der Waals surface area contributed by atoms with Crippen LogP contribution in [0, 0.1) is 5.41 Å². The van der Waals surface area contributed by atoms with E-state index in [-0.39, 0.29) is 12.5 Å². The van der Waals surface area contributed by atoms with Crippen molar-refractivity contribution < 1.29 is 14.7 Å². The molecule has 1 saturated carbocycles. The predicted molar refractivity (Wildman–Crippen MR) is 64.5 cm³/mol. The monoisotopic (exact) mass is 242 g/mol. The highest BCUT2D eigenvalue weighted by Crippen LogP contribution is 2.37. The van der Waals surface area contributed by atoms with Gasteiger partial charge < -0.3 is 16.2 Å². The normalized spacial score (nSPS) is 17.9. The van der Waals surface area contributed by atoms with Crippen LogP contribution in [0.3, 0.4) is 0 Å². The summed E-state index contributed by atoms with van der Waals surface area (Å²) < 4.78 is 0. The van der Waals surface area contributed by atoms with Gasteiger partial charge in [-0.15, -0.1) is 0 Å². The fourth-order valence-corrected chi connectivity index (χ4v) is 2.30. The zero-order valence-electron chi connectivity index (χ0n) is 10.2. The van der Waals surface area contributed by atoms with Crippen molar-refractivity contribution in [3.8, 4) is 0 Å². The number of aliphatic carboxylic acids is 1. The Kier molecular flexibility index (Phi) is 5.41. The minimum Gasteiger partial charge on any atom is -0.481 e. The standard InChI is InChI=1S/C12H22N2O3/c13-8-4-1-5-10(15)14-9-12(11(16)17)6-2-3-7-12/h1-9,13H2,(H,14,15)(H,16,17). The molecule has 0 aliphatic heterocycles. The fraction of sp³-hybridized carbons (Fsp3) is 0.833. The maximum absolute atomic E-state index is 11.5. The summed E-state index contributed by atoms with van der Waals surface area (Å²) in [6, 6.07) is 0. The van der Waals surface area contributed by atoms with E-state index in [1.807, 2.05) is 0 Å². The summed E-state index contributed by atoms with van der Waals surface area (Å²) >= 11 is 0. The fourth-order valence-electron chi connectivity index (χ4n) is 2.30. The summed E-state index contributed by atoms with van der Waals surface area (Å²) in [7, 11) is 0. The third-order valence-corrected chi connectivity index (χ3v) is 3.50. The van der Waals surface area contributed by atoms with Crippen LogP contribution < -0.4 is 11.1 Å². The molecule has 1 rings (SSSR count). The Morgan fingerprint density at radius 1 is 1.24 bits per heavy atom. The van der Waals surface area contributed by atoms with Crippen LogP contribution in [0.15, 0.2) is 0 Å². The second-order valence-electron chi connectivity index (χ2n) is 4.82. The first-order valence-corrected chi connectivity index (χ1v) is 6.31. The summed E-state index contributed by atoms with van der Waals surface area (Å²) in [5.41, 5.74) is 4.62. The van der Waals surface area contributed by atoms with E-state index in [1.54, 1.807) is 0 Å². The Balaban J connectivity index is 2.32. The lowest BCUT2D eigenvalue weighted by atomic mass is 9.86. The van der Waals surface area contributed by atoms with Crippen molar-refractivity contribution in [2.75, 3.05) is 13.1 Å². The lowest BCUT2D eigenvalue weighted by Crippen LogP contribution is -2.41. The van der Waals surface area contributed by atoms with Gasteiger partial charge in [0.1, 0.15) is 0 Å². The number of amides is 1. The number of unbranched alkanes of at least 4 members (excludes halogenated alkanes) is 1. The summed E-state index contributed by atoms with van der Waals surface area (Å²) in [6.07, 6.45) is 5.26. The molecule has 1 amide bonds. The SMILES string of the molecule is NCCCCC(=O)NCC1(C(=O)O)CCCC1. The van der Waals surface area contributed by atoms with Gasteiger partial charge in [-0.25, -0.2) is 0 Å². The largest absolute Gasteiger partial charge is 0.481 e. The molecule has 0 aromatic rings. The molecule has 5 heteroatoms. The summed E-state index contributed by atoms with van der Waals surface area (Å²) in [6.45, 7) is 0.857. The van der Waals surface area contributed by atoms with Gasteiger partial charge in [0.25, 0.3) is 0 Å². The van der Waals surface area contributed by atoms with Gasteiger partial charge in [0.15, 0.2) is 0 Å². The van der Waals surface area contributed by atoms with E-state index in [0.29, 0.717) is 25.8 Å². The molecule has 5 nitrogen and oxygen atoms in total. The van der Waals surface area contributed by atoms with Crippen molar-refractivity contribution >= 4 is 11.9 Å². The third kappa shape index (κ3) is 4.00. The molecule has 0 aromatic carbocycles. The van der Waals surface area contributed by atoms with Crippen LogP contribution in [0.5, 0.6) is 0 Å². The lowest BCUT2D eigenvalue weighted by Gasteiger charge is -2.23. The van der Waals surface area contributed by atoms with Crippen LogP contribution in [-0.4, -0.2) is 30.1 Å². The summed E-state index contributed by atoms with van der Waals surface area (Å²) in [5.74, 6) is -0.844. The number of carbonyl (C=O) groups is 2. The number of hydrogen-bond acceptors (Lipinski definition) is 3. The van der Waals surface area contributed by atoms with Crippen molar-refractivity contribution in [1.29, 1.82) is 0 Å². The smallest absolute Gasteiger partial charge is 0.311 e. The van der Waals surface area contributed by atoms with Gasteiger partial charge >= 0.3 is 5.97 Å². The van der Waals surface area contributed by atoms with E-state index < -0.39 is 11.4 Å². The second kappa shape index (κ2) is 6.59. The van der Waals surface area contributed by atoms with Gasteiger partial charge in [0.05, 0.1) is 5.41 Å². The minimum absolute atomic E-state index is 0.0639. The summed E-state index contributed by atoms with van der Waals surface area (Å²) in [5, 5.41) is 12.0. The maximum atomic E-state index is 11.5. The van der Waals surface area contributed by atoms with Gasteiger partial charge in [-0.3, -0.25) is 9.59 Å². The number of nitrogens with one attached hydrogen (secondary N) is 1. The first kappa shape index (κ1) is 14.0. The van der Waals surface area contributed by atoms with Gasteiger partial charge in [0.2, 0.25) is 5.91 Å². The molecule has 0 bridgehead atoms. The predicted octanol–water partition coefficient (Wildman–Crippen LogP) is 0.877. The van der Waals surface area contributed by atoms with E-state index >= 15 is 0 Å². The molecule has 0 spiro atoms. The number of hydrogen-bond donors (Lipinski definition) is 3. The molecular formula is C12H22N2O3. The Bertz CT molecular complexity index is 273. The van der Waals surface area contributed by atoms with Crippen molar-refractivity contribution in [1.82, 2.24) is 5.32 Å². The van der Waals surface area contributed by atoms with E-state index in [2.05, 4.69) is 5.32 Å². The third-order valence-electron chi connectivity index (χ3n) is 3.50. The highest BCUT2D eigenvalue weighted by atomic mass is 16.4. The number of carbonyl (C=O) groups excluding carboxylic acids is 1. The van der Waals surface area contributed by atoms with Crippen LogP contribution in [0.1, 0.15) is 44.9 Å². The van der Waals surface area contributed by atoms with E-state index in [0.717, 1.165) is 25.7 Å². The van der Waals surface area contributed by atoms with Crippen LogP contribution in [0.2, 0.25) is 0 Å². The zero-order valence-corrected chi connectivity index (χ0v) is 10.2. The molecule has 1 aliphatic carbocycles. The van der Waals surface area contributed by atoms with Gasteiger partial charge in [0, 0.05) is 13.0 Å². The quantitative estimate of drug-likeness (QED) is 0.578. The Morgan fingerprint density at radius 3 is 2.41 bits per heavy atom. The van der Waals surface area contributed by atoms with Gasteiger partial charge in [-0.05, 0) is 32.2 Å². The molecule has 0 atom stereocenters. The Labute approximate surface area is 102 Å². The molecule has 98 valence electrons. The minimum atomic E-state index is -0.780. The Hall–Kier alpha value is -1.10. The number of carboxylic acids is 1. The molecule has 1 aliphatic rings. The lowest BCUT2D eigenvalue weighted by molar-refractivity contribution is -0.148. The van der Waals surface area contributed by atoms with Crippen LogP contribution >= 0.6 is 0 Å². The van der Waals surface area contributed by atoms with Gasteiger partial charge in [-0.1, -0.05) is 12.8 Å². The molecule has 1 fully saturated rings. The average Bonchev–Trinajstić information content (AvgIpc) is 2.77. The molecule has 0 saturated heterocycles. The topological polar surface area (TPSA) is 92.4 Å². The van der Waals surface area contributed by atoms with Crippen LogP contribution in [-0.2, 0) is 9.59 Å². The molecule has 0 aromatic heterocycles. The molecule has 17 heavy (non-hydrogen) atoms. The van der Waals surface area contributed by atoms with E-state index in [9.17, 15) is 14.7 Å². The maximum Gasteiger partial charge on any atom is 0.311 e. The van der Waals surface area contributed by atoms with Crippen molar-refractivity contribution in [2.24, 2.45) is 11.1 Å². The molecule has 0 radical (unpaired) electrons. The zero-order chi connectivity index (χ0) is 12.7. The Morgan fingerprint density at radius 2 is 1.88 bits per heavy atom. The average molecular weight is 242 g/mol.